The maximum atomic E-state index is 5.63. The summed E-state index contributed by atoms with van der Waals surface area (Å²) in [5, 5.41) is 3.44. The average Bonchev–Trinajstić information content (AvgIpc) is 2.88. The molecule has 1 unspecified atom stereocenters. The summed E-state index contributed by atoms with van der Waals surface area (Å²) in [5.41, 5.74) is 5.63. The van der Waals surface area contributed by atoms with Gasteiger partial charge in [0.2, 0.25) is 0 Å². The van der Waals surface area contributed by atoms with E-state index in [1.165, 1.54) is 12.8 Å². The van der Waals surface area contributed by atoms with Crippen LogP contribution in [0.4, 0.5) is 0 Å². The second kappa shape index (κ2) is 5.18. The highest BCUT2D eigenvalue weighted by Crippen LogP contribution is 2.31. The Kier molecular flexibility index (Phi) is 4.13. The van der Waals surface area contributed by atoms with E-state index in [2.05, 4.69) is 17.2 Å². The topological polar surface area (TPSA) is 38.0 Å². The van der Waals surface area contributed by atoms with E-state index in [-0.39, 0.29) is 0 Å². The smallest absolute Gasteiger partial charge is 0.0218 e. The zero-order valence-corrected chi connectivity index (χ0v) is 7.77. The van der Waals surface area contributed by atoms with Crippen molar-refractivity contribution in [2.75, 3.05) is 13.1 Å². The van der Waals surface area contributed by atoms with Crippen molar-refractivity contribution in [1.29, 1.82) is 0 Å². The van der Waals surface area contributed by atoms with Gasteiger partial charge in [-0.2, -0.15) is 0 Å². The van der Waals surface area contributed by atoms with Crippen LogP contribution >= 0.6 is 0 Å². The molecule has 1 saturated carbocycles. The van der Waals surface area contributed by atoms with Crippen LogP contribution in [-0.4, -0.2) is 19.1 Å². The van der Waals surface area contributed by atoms with E-state index in [1.807, 2.05) is 6.92 Å². The molecule has 12 heavy (non-hydrogen) atoms. The Morgan fingerprint density at radius 2 is 2.33 bits per heavy atom. The van der Waals surface area contributed by atoms with Gasteiger partial charge in [0.05, 0.1) is 0 Å². The second-order valence-electron chi connectivity index (χ2n) is 3.31. The van der Waals surface area contributed by atoms with Crippen molar-refractivity contribution in [2.24, 2.45) is 11.7 Å². The van der Waals surface area contributed by atoms with Crippen LogP contribution in [0.2, 0.25) is 0 Å². The molecule has 0 aromatic rings. The molecule has 1 aliphatic rings. The molecule has 1 aliphatic carbocycles. The minimum atomic E-state index is 0.545. The molecule has 2 heteroatoms. The molecule has 1 atom stereocenters. The molecule has 1 fully saturated rings. The van der Waals surface area contributed by atoms with Crippen molar-refractivity contribution in [1.82, 2.24) is 5.32 Å². The van der Waals surface area contributed by atoms with Gasteiger partial charge in [0.1, 0.15) is 0 Å². The molecule has 0 aromatic heterocycles. The highest BCUT2D eigenvalue weighted by molar-refractivity contribution is 4.96. The summed E-state index contributed by atoms with van der Waals surface area (Å²) >= 11 is 0. The number of nitrogens with one attached hydrogen (secondary N) is 1. The normalized spacial score (nSPS) is 18.2. The molecule has 0 heterocycles. The third kappa shape index (κ3) is 3.25. The summed E-state index contributed by atoms with van der Waals surface area (Å²) in [5.74, 6) is 6.77. The van der Waals surface area contributed by atoms with Crippen LogP contribution in [0, 0.1) is 17.8 Å². The Hall–Kier alpha value is -0.520. The summed E-state index contributed by atoms with van der Waals surface area (Å²) < 4.78 is 0. The Morgan fingerprint density at radius 3 is 2.83 bits per heavy atom. The van der Waals surface area contributed by atoms with E-state index in [9.17, 15) is 0 Å². The van der Waals surface area contributed by atoms with Crippen LogP contribution in [0.3, 0.4) is 0 Å². The third-order valence-corrected chi connectivity index (χ3v) is 2.28. The first-order valence-electron chi connectivity index (χ1n) is 4.71. The second-order valence-corrected chi connectivity index (χ2v) is 3.31. The molecule has 0 saturated heterocycles. The Bertz CT molecular complexity index is 174. The largest absolute Gasteiger partial charge is 0.329 e. The number of hydrogen-bond acceptors (Lipinski definition) is 2. The predicted octanol–water partition coefficient (Wildman–Crippen LogP) is 0.727. The van der Waals surface area contributed by atoms with E-state index in [0.717, 1.165) is 25.4 Å². The first-order valence-corrected chi connectivity index (χ1v) is 4.71. The van der Waals surface area contributed by atoms with E-state index < -0.39 is 0 Å². The molecular weight excluding hydrogens is 148 g/mol. The molecule has 0 aromatic carbocycles. The fraction of sp³-hybridized carbons (Fsp3) is 0.800. The molecule has 0 amide bonds. The zero-order chi connectivity index (χ0) is 8.81. The first kappa shape index (κ1) is 9.57. The fourth-order valence-corrected chi connectivity index (χ4v) is 1.39. The molecular formula is C10H18N2. The standard InChI is InChI=1S/C10H18N2/c1-2-3-4-7-12-10(8-11)9-5-6-9/h9-10,12H,4-8,11H2,1H3. The lowest BCUT2D eigenvalue weighted by molar-refractivity contribution is 0.477. The lowest BCUT2D eigenvalue weighted by Gasteiger charge is -2.14. The summed E-state index contributed by atoms with van der Waals surface area (Å²) in [6.07, 6.45) is 3.66. The van der Waals surface area contributed by atoms with Crippen LogP contribution in [0.25, 0.3) is 0 Å². The van der Waals surface area contributed by atoms with Crippen LogP contribution in [0.5, 0.6) is 0 Å². The summed E-state index contributed by atoms with van der Waals surface area (Å²) in [7, 11) is 0. The average molecular weight is 166 g/mol. The van der Waals surface area contributed by atoms with Gasteiger partial charge in [0, 0.05) is 25.6 Å². The molecule has 0 spiro atoms. The lowest BCUT2D eigenvalue weighted by Crippen LogP contribution is -2.38. The van der Waals surface area contributed by atoms with Crippen LogP contribution in [0.1, 0.15) is 26.2 Å². The molecule has 3 N–H and O–H groups in total. The minimum absolute atomic E-state index is 0.545. The van der Waals surface area contributed by atoms with Gasteiger partial charge in [0.15, 0.2) is 0 Å². The van der Waals surface area contributed by atoms with Crippen LogP contribution in [0.15, 0.2) is 0 Å². The van der Waals surface area contributed by atoms with E-state index >= 15 is 0 Å². The molecule has 0 radical (unpaired) electrons. The van der Waals surface area contributed by atoms with Crippen LogP contribution in [-0.2, 0) is 0 Å². The summed E-state index contributed by atoms with van der Waals surface area (Å²) in [6.45, 7) is 3.63. The van der Waals surface area contributed by atoms with Crippen molar-refractivity contribution in [3.05, 3.63) is 0 Å². The Labute approximate surface area is 74.9 Å². The number of nitrogens with two attached hydrogens (primary N) is 1. The maximum Gasteiger partial charge on any atom is 0.0218 e. The quantitative estimate of drug-likeness (QED) is 0.466. The van der Waals surface area contributed by atoms with E-state index in [0.29, 0.717) is 6.04 Å². The third-order valence-electron chi connectivity index (χ3n) is 2.28. The van der Waals surface area contributed by atoms with Gasteiger partial charge >= 0.3 is 0 Å². The monoisotopic (exact) mass is 166 g/mol. The predicted molar refractivity (Wildman–Crippen MR) is 51.6 cm³/mol. The minimum Gasteiger partial charge on any atom is -0.329 e. The Morgan fingerprint density at radius 1 is 1.58 bits per heavy atom. The molecule has 1 rings (SSSR count). The molecule has 0 bridgehead atoms. The summed E-state index contributed by atoms with van der Waals surface area (Å²) in [4.78, 5) is 0. The van der Waals surface area contributed by atoms with Gasteiger partial charge in [-0.1, -0.05) is 0 Å². The highest BCUT2D eigenvalue weighted by Gasteiger charge is 2.29. The van der Waals surface area contributed by atoms with Crippen molar-refractivity contribution in [3.8, 4) is 11.8 Å². The van der Waals surface area contributed by atoms with Gasteiger partial charge in [0.25, 0.3) is 0 Å². The first-order chi connectivity index (χ1) is 5.88. The number of rotatable bonds is 5. The molecule has 68 valence electrons. The number of hydrogen-bond donors (Lipinski definition) is 2. The van der Waals surface area contributed by atoms with E-state index in [4.69, 9.17) is 5.73 Å². The van der Waals surface area contributed by atoms with Gasteiger partial charge in [-0.3, -0.25) is 0 Å². The highest BCUT2D eigenvalue weighted by atomic mass is 14.9. The molecule has 0 aliphatic heterocycles. The fourth-order valence-electron chi connectivity index (χ4n) is 1.39. The van der Waals surface area contributed by atoms with E-state index in [1.54, 1.807) is 0 Å². The van der Waals surface area contributed by atoms with Gasteiger partial charge in [-0.15, -0.1) is 11.8 Å². The lowest BCUT2D eigenvalue weighted by atomic mass is 10.2. The van der Waals surface area contributed by atoms with Crippen molar-refractivity contribution in [3.63, 3.8) is 0 Å². The SMILES string of the molecule is CC#CCCNC(CN)C1CC1. The van der Waals surface area contributed by atoms with Crippen molar-refractivity contribution < 1.29 is 0 Å². The zero-order valence-electron chi connectivity index (χ0n) is 7.77. The maximum absolute atomic E-state index is 5.63. The van der Waals surface area contributed by atoms with Gasteiger partial charge in [-0.05, 0) is 25.7 Å². The van der Waals surface area contributed by atoms with Crippen LogP contribution < -0.4 is 11.1 Å². The van der Waals surface area contributed by atoms with Crippen molar-refractivity contribution in [2.45, 2.75) is 32.2 Å². The Balaban J connectivity index is 2.05. The van der Waals surface area contributed by atoms with Gasteiger partial charge in [-0.25, -0.2) is 0 Å². The van der Waals surface area contributed by atoms with Crippen molar-refractivity contribution >= 4 is 0 Å². The summed E-state index contributed by atoms with van der Waals surface area (Å²) in [6, 6.07) is 0.545. The molecule has 2 nitrogen and oxygen atoms in total. The van der Waals surface area contributed by atoms with Gasteiger partial charge < -0.3 is 11.1 Å².